The van der Waals surface area contributed by atoms with Crippen molar-refractivity contribution in [1.29, 1.82) is 0 Å². The first kappa shape index (κ1) is 14.6. The zero-order valence-electron chi connectivity index (χ0n) is 14.0. The molecule has 0 radical (unpaired) electrons. The van der Waals surface area contributed by atoms with Gasteiger partial charge in [0.15, 0.2) is 5.82 Å². The maximum atomic E-state index is 4.52. The van der Waals surface area contributed by atoms with Crippen LogP contribution in [-0.2, 0) is 0 Å². The van der Waals surface area contributed by atoms with E-state index in [9.17, 15) is 0 Å². The number of quaternary nitrogens is 1. The third-order valence-corrected chi connectivity index (χ3v) is 5.86. The van der Waals surface area contributed by atoms with E-state index in [4.69, 9.17) is 0 Å². The molecule has 0 aliphatic carbocycles. The van der Waals surface area contributed by atoms with Crippen LogP contribution in [0.4, 0.5) is 5.82 Å². The van der Waals surface area contributed by atoms with Gasteiger partial charge in [-0.05, 0) is 18.6 Å². The fraction of sp³-hybridized carbons (Fsp3) is 0.474. The molecule has 2 atom stereocenters. The van der Waals surface area contributed by atoms with Crippen LogP contribution in [0.15, 0.2) is 42.5 Å². The largest absolute Gasteiger partial charge is 0.343 e. The van der Waals surface area contributed by atoms with E-state index in [1.807, 2.05) is 18.2 Å². The molecule has 0 N–H and O–H groups in total. The van der Waals surface area contributed by atoms with Crippen molar-refractivity contribution in [3.05, 3.63) is 42.5 Å². The molecule has 0 saturated carbocycles. The van der Waals surface area contributed by atoms with Crippen molar-refractivity contribution in [2.45, 2.75) is 31.3 Å². The highest BCUT2D eigenvalue weighted by Gasteiger charge is 2.45. The third kappa shape index (κ3) is 2.61. The molecule has 0 amide bonds. The Morgan fingerprint density at radius 1 is 0.913 bits per heavy atom. The van der Waals surface area contributed by atoms with Gasteiger partial charge in [-0.25, -0.2) is 0 Å². The van der Waals surface area contributed by atoms with Gasteiger partial charge in [0.1, 0.15) is 12.1 Å². The number of hydrogen-bond donors (Lipinski definition) is 0. The van der Waals surface area contributed by atoms with E-state index in [0.717, 1.165) is 42.2 Å². The Morgan fingerprint density at radius 3 is 2.22 bits per heavy atom. The van der Waals surface area contributed by atoms with Gasteiger partial charge in [0.25, 0.3) is 0 Å². The minimum absolute atomic E-state index is 0.720. The van der Waals surface area contributed by atoms with Crippen molar-refractivity contribution in [2.24, 2.45) is 0 Å². The van der Waals surface area contributed by atoms with E-state index < -0.39 is 0 Å². The monoisotopic (exact) mass is 309 g/mol. The van der Waals surface area contributed by atoms with Gasteiger partial charge >= 0.3 is 0 Å². The molecule has 2 aromatic rings. The maximum Gasteiger partial charge on any atom is 0.151 e. The van der Waals surface area contributed by atoms with Crippen molar-refractivity contribution in [3.8, 4) is 11.3 Å². The standard InChI is InChI=1S/C19H25N4/c1-23(2)16-9-6-10-17(23)14-22(13-16)19-12-11-18(20-21-19)15-7-4-3-5-8-15/h3-5,7-8,11-12,16-17H,6,9-10,13-14H2,1-2H3/q+1. The first-order valence-electron chi connectivity index (χ1n) is 8.62. The minimum atomic E-state index is 0.720. The van der Waals surface area contributed by atoms with Crippen LogP contribution in [0.25, 0.3) is 11.3 Å². The molecule has 2 unspecified atom stereocenters. The molecule has 2 saturated heterocycles. The van der Waals surface area contributed by atoms with Crippen molar-refractivity contribution in [2.75, 3.05) is 32.1 Å². The zero-order chi connectivity index (χ0) is 15.9. The lowest BCUT2D eigenvalue weighted by atomic mass is 9.89. The summed E-state index contributed by atoms with van der Waals surface area (Å²) >= 11 is 0. The summed E-state index contributed by atoms with van der Waals surface area (Å²) in [6.45, 7) is 2.20. The minimum Gasteiger partial charge on any atom is -0.343 e. The smallest absolute Gasteiger partial charge is 0.151 e. The fourth-order valence-electron chi connectivity index (χ4n) is 4.18. The summed E-state index contributed by atoms with van der Waals surface area (Å²) in [5, 5.41) is 8.98. The average Bonchev–Trinajstić information content (AvgIpc) is 2.55. The number of fused-ring (bicyclic) bond motifs is 2. The van der Waals surface area contributed by atoms with Gasteiger partial charge in [-0.3, -0.25) is 0 Å². The van der Waals surface area contributed by atoms with Gasteiger partial charge < -0.3 is 9.38 Å². The van der Waals surface area contributed by atoms with Crippen LogP contribution in [0.3, 0.4) is 0 Å². The molecule has 23 heavy (non-hydrogen) atoms. The average molecular weight is 309 g/mol. The van der Waals surface area contributed by atoms with E-state index in [2.05, 4.69) is 53.5 Å². The fourth-order valence-corrected chi connectivity index (χ4v) is 4.18. The van der Waals surface area contributed by atoms with Crippen LogP contribution >= 0.6 is 0 Å². The molecule has 1 aromatic carbocycles. The molecular weight excluding hydrogens is 284 g/mol. The SMILES string of the molecule is C[N+]1(C)C2CCCC1CN(c1ccc(-c3ccccc3)nn1)C2. The molecular formula is C19H25N4+. The Balaban J connectivity index is 1.55. The van der Waals surface area contributed by atoms with Crippen molar-refractivity contribution >= 4 is 5.82 Å². The van der Waals surface area contributed by atoms with Gasteiger partial charge in [-0.15, -0.1) is 10.2 Å². The van der Waals surface area contributed by atoms with Gasteiger partial charge in [-0.2, -0.15) is 0 Å². The number of aromatic nitrogens is 2. The number of nitrogens with zero attached hydrogens (tertiary/aromatic N) is 4. The number of anilines is 1. The van der Waals surface area contributed by atoms with E-state index in [-0.39, 0.29) is 0 Å². The number of hydrogen-bond acceptors (Lipinski definition) is 3. The lowest BCUT2D eigenvalue weighted by Gasteiger charge is -2.54. The van der Waals surface area contributed by atoms with Crippen LogP contribution in [0, 0.1) is 0 Å². The molecule has 4 heteroatoms. The molecule has 2 aliphatic rings. The Kier molecular flexibility index (Phi) is 3.57. The quantitative estimate of drug-likeness (QED) is 0.799. The number of rotatable bonds is 2. The summed E-state index contributed by atoms with van der Waals surface area (Å²) in [4.78, 5) is 2.44. The number of benzene rings is 1. The van der Waals surface area contributed by atoms with E-state index >= 15 is 0 Å². The molecule has 4 rings (SSSR count). The molecule has 1 aromatic heterocycles. The zero-order valence-corrected chi connectivity index (χ0v) is 14.0. The summed E-state index contributed by atoms with van der Waals surface area (Å²) < 4.78 is 1.17. The number of piperidine rings is 1. The van der Waals surface area contributed by atoms with Gasteiger partial charge in [0.2, 0.25) is 0 Å². The first-order chi connectivity index (χ1) is 11.1. The Labute approximate surface area is 138 Å². The molecule has 0 spiro atoms. The normalized spacial score (nSPS) is 26.1. The summed E-state index contributed by atoms with van der Waals surface area (Å²) in [6.07, 6.45) is 4.04. The molecule has 4 nitrogen and oxygen atoms in total. The van der Waals surface area contributed by atoms with E-state index in [1.54, 1.807) is 0 Å². The molecule has 120 valence electrons. The van der Waals surface area contributed by atoms with Crippen molar-refractivity contribution in [3.63, 3.8) is 0 Å². The second kappa shape index (κ2) is 5.60. The lowest BCUT2D eigenvalue weighted by Crippen LogP contribution is -2.69. The highest BCUT2D eigenvalue weighted by Crippen LogP contribution is 2.34. The summed E-state index contributed by atoms with van der Waals surface area (Å²) in [6, 6.07) is 15.9. The number of likely N-dealkylation sites (N-methyl/N-ethyl adjacent to an activating group) is 1. The third-order valence-electron chi connectivity index (χ3n) is 5.86. The van der Waals surface area contributed by atoms with Crippen LogP contribution in [0.2, 0.25) is 0 Å². The molecule has 3 heterocycles. The van der Waals surface area contributed by atoms with Gasteiger partial charge in [0.05, 0.1) is 32.9 Å². The Hall–Kier alpha value is -1.94. The second-order valence-corrected chi connectivity index (χ2v) is 7.42. The van der Waals surface area contributed by atoms with E-state index in [0.29, 0.717) is 0 Å². The van der Waals surface area contributed by atoms with Crippen LogP contribution in [-0.4, -0.2) is 53.9 Å². The summed E-state index contributed by atoms with van der Waals surface area (Å²) in [5.74, 6) is 1.03. The molecule has 2 bridgehead atoms. The maximum absolute atomic E-state index is 4.52. The topological polar surface area (TPSA) is 29.0 Å². The molecule has 2 aliphatic heterocycles. The number of piperazine rings is 1. The highest BCUT2D eigenvalue weighted by atomic mass is 15.4. The predicted molar refractivity (Wildman–Crippen MR) is 93.2 cm³/mol. The first-order valence-corrected chi connectivity index (χ1v) is 8.62. The summed E-state index contributed by atoms with van der Waals surface area (Å²) in [7, 11) is 4.80. The van der Waals surface area contributed by atoms with Crippen molar-refractivity contribution in [1.82, 2.24) is 10.2 Å². The molecule has 2 fully saturated rings. The van der Waals surface area contributed by atoms with Crippen molar-refractivity contribution < 1.29 is 4.48 Å². The van der Waals surface area contributed by atoms with Gasteiger partial charge in [0, 0.05) is 18.4 Å². The summed E-state index contributed by atoms with van der Waals surface area (Å²) in [5.41, 5.74) is 2.07. The Morgan fingerprint density at radius 2 is 1.61 bits per heavy atom. The van der Waals surface area contributed by atoms with Gasteiger partial charge in [-0.1, -0.05) is 30.3 Å². The van der Waals surface area contributed by atoms with Crippen LogP contribution in [0.1, 0.15) is 19.3 Å². The second-order valence-electron chi connectivity index (χ2n) is 7.42. The van der Waals surface area contributed by atoms with Crippen LogP contribution < -0.4 is 4.90 Å². The Bertz CT molecular complexity index is 650. The lowest BCUT2D eigenvalue weighted by molar-refractivity contribution is -0.944. The van der Waals surface area contributed by atoms with Crippen LogP contribution in [0.5, 0.6) is 0 Å². The van der Waals surface area contributed by atoms with E-state index in [1.165, 1.54) is 23.7 Å². The highest BCUT2D eigenvalue weighted by molar-refractivity contribution is 5.59. The predicted octanol–water partition coefficient (Wildman–Crippen LogP) is 2.96.